The number of nitrogens with one attached hydrogen (secondary N) is 1. The summed E-state index contributed by atoms with van der Waals surface area (Å²) in [6, 6.07) is 3.59. The molecule has 1 saturated carbocycles. The van der Waals surface area contributed by atoms with E-state index in [9.17, 15) is 9.59 Å². The molecule has 27 heavy (non-hydrogen) atoms. The predicted molar refractivity (Wildman–Crippen MR) is 105 cm³/mol. The van der Waals surface area contributed by atoms with E-state index >= 15 is 0 Å². The molecule has 6 heteroatoms. The van der Waals surface area contributed by atoms with Crippen LogP contribution in [0.1, 0.15) is 69.2 Å². The highest BCUT2D eigenvalue weighted by atomic mass is 16.5. The highest BCUT2D eigenvalue weighted by Crippen LogP contribution is 2.32. The molecule has 0 radical (unpaired) electrons. The van der Waals surface area contributed by atoms with Crippen LogP contribution in [0.2, 0.25) is 0 Å². The van der Waals surface area contributed by atoms with Gasteiger partial charge in [-0.2, -0.15) is 5.10 Å². The van der Waals surface area contributed by atoms with Crippen LogP contribution in [0.25, 0.3) is 5.52 Å². The first-order valence-corrected chi connectivity index (χ1v) is 10.1. The summed E-state index contributed by atoms with van der Waals surface area (Å²) >= 11 is 0. The van der Waals surface area contributed by atoms with Crippen LogP contribution in [0.15, 0.2) is 24.5 Å². The van der Waals surface area contributed by atoms with Crippen molar-refractivity contribution in [3.63, 3.8) is 0 Å². The Morgan fingerprint density at radius 1 is 1.26 bits per heavy atom. The van der Waals surface area contributed by atoms with Crippen LogP contribution in [0, 0.1) is 11.8 Å². The molecule has 2 aromatic rings. The molecule has 146 valence electrons. The Kier molecular flexibility index (Phi) is 6.48. The number of anilines is 1. The fourth-order valence-electron chi connectivity index (χ4n) is 3.87. The average molecular weight is 371 g/mol. The van der Waals surface area contributed by atoms with Crippen LogP contribution < -0.4 is 5.32 Å². The summed E-state index contributed by atoms with van der Waals surface area (Å²) in [5.74, 6) is 0.532. The van der Waals surface area contributed by atoms with Crippen molar-refractivity contribution in [1.29, 1.82) is 0 Å². The molecule has 1 N–H and O–H groups in total. The molecule has 0 bridgehead atoms. The van der Waals surface area contributed by atoms with Crippen molar-refractivity contribution < 1.29 is 14.3 Å². The Bertz CT molecular complexity index is 791. The highest BCUT2D eigenvalue weighted by Gasteiger charge is 2.26. The van der Waals surface area contributed by atoms with Gasteiger partial charge in [-0.1, -0.05) is 26.2 Å². The number of hydrogen-bond donors (Lipinski definition) is 1. The minimum absolute atomic E-state index is 0.0745. The van der Waals surface area contributed by atoms with Crippen LogP contribution in [-0.4, -0.2) is 28.1 Å². The fraction of sp³-hybridized carbons (Fsp3) is 0.571. The van der Waals surface area contributed by atoms with Gasteiger partial charge in [0.1, 0.15) is 5.56 Å². The van der Waals surface area contributed by atoms with Crippen LogP contribution in [-0.2, 0) is 9.53 Å². The lowest BCUT2D eigenvalue weighted by Crippen LogP contribution is -2.27. The maximum absolute atomic E-state index is 12.7. The molecule has 2 heterocycles. The van der Waals surface area contributed by atoms with Crippen LogP contribution in [0.3, 0.4) is 0 Å². The van der Waals surface area contributed by atoms with Gasteiger partial charge in [-0.25, -0.2) is 9.31 Å². The largest absolute Gasteiger partial charge is 0.462 e. The first-order chi connectivity index (χ1) is 13.1. The predicted octanol–water partition coefficient (Wildman–Crippen LogP) is 4.45. The fourth-order valence-corrected chi connectivity index (χ4v) is 3.87. The molecular formula is C21H29N3O3. The first kappa shape index (κ1) is 19.4. The standard InChI is InChI=1S/C21H29N3O3/c1-3-5-6-15-7-9-16(10-8-15)20(25)23-17-11-12-24-19(13-17)18(14-22-24)21(26)27-4-2/h11-16H,3-10H2,1-2H3,(H,23,25). The van der Waals surface area contributed by atoms with E-state index in [1.807, 2.05) is 0 Å². The number of fused-ring (bicyclic) bond motifs is 1. The number of carbonyl (C=O) groups excluding carboxylic acids is 2. The number of hydrogen-bond acceptors (Lipinski definition) is 4. The summed E-state index contributed by atoms with van der Waals surface area (Å²) in [4.78, 5) is 24.7. The molecule has 6 nitrogen and oxygen atoms in total. The molecule has 0 saturated heterocycles. The Balaban J connectivity index is 1.63. The Morgan fingerprint density at radius 3 is 2.74 bits per heavy atom. The van der Waals surface area contributed by atoms with Gasteiger partial charge in [0.25, 0.3) is 0 Å². The van der Waals surface area contributed by atoms with Crippen molar-refractivity contribution in [3.8, 4) is 0 Å². The molecule has 1 aliphatic carbocycles. The molecule has 1 aliphatic rings. The number of amides is 1. The number of pyridine rings is 1. The van der Waals surface area contributed by atoms with Gasteiger partial charge in [-0.05, 0) is 50.7 Å². The van der Waals surface area contributed by atoms with E-state index in [-0.39, 0.29) is 11.8 Å². The zero-order chi connectivity index (χ0) is 19.2. The smallest absolute Gasteiger partial charge is 0.341 e. The summed E-state index contributed by atoms with van der Waals surface area (Å²) in [7, 11) is 0. The maximum Gasteiger partial charge on any atom is 0.341 e. The summed E-state index contributed by atoms with van der Waals surface area (Å²) in [5.41, 5.74) is 1.73. The maximum atomic E-state index is 12.7. The normalized spacial score (nSPS) is 19.8. The summed E-state index contributed by atoms with van der Waals surface area (Å²) in [6.07, 6.45) is 11.3. The second kappa shape index (κ2) is 9.02. The highest BCUT2D eigenvalue weighted by molar-refractivity contribution is 5.98. The van der Waals surface area contributed by atoms with E-state index in [2.05, 4.69) is 17.3 Å². The minimum Gasteiger partial charge on any atom is -0.462 e. The molecule has 0 aliphatic heterocycles. The van der Waals surface area contributed by atoms with Gasteiger partial charge in [-0.15, -0.1) is 0 Å². The molecular weight excluding hydrogens is 342 g/mol. The van der Waals surface area contributed by atoms with Gasteiger partial charge in [0.15, 0.2) is 0 Å². The number of carbonyl (C=O) groups is 2. The molecule has 0 unspecified atom stereocenters. The van der Waals surface area contributed by atoms with Crippen LogP contribution in [0.5, 0.6) is 0 Å². The van der Waals surface area contributed by atoms with Crippen molar-refractivity contribution in [2.75, 3.05) is 11.9 Å². The van der Waals surface area contributed by atoms with E-state index in [1.54, 1.807) is 29.8 Å². The zero-order valence-electron chi connectivity index (χ0n) is 16.2. The quantitative estimate of drug-likeness (QED) is 0.730. The number of aromatic nitrogens is 2. The molecule has 0 aromatic carbocycles. The van der Waals surface area contributed by atoms with Crippen molar-refractivity contribution in [2.24, 2.45) is 11.8 Å². The summed E-state index contributed by atoms with van der Waals surface area (Å²) in [6.45, 7) is 4.31. The van der Waals surface area contributed by atoms with Crippen molar-refractivity contribution in [1.82, 2.24) is 9.61 Å². The van der Waals surface area contributed by atoms with Gasteiger partial charge in [-0.3, -0.25) is 4.79 Å². The van der Waals surface area contributed by atoms with Gasteiger partial charge in [0, 0.05) is 17.8 Å². The Hall–Kier alpha value is -2.37. The minimum atomic E-state index is -0.402. The van der Waals surface area contributed by atoms with E-state index in [0.717, 1.165) is 31.6 Å². The Labute approximate surface area is 160 Å². The molecule has 2 aromatic heterocycles. The molecule has 1 fully saturated rings. The van der Waals surface area contributed by atoms with Crippen molar-refractivity contribution in [2.45, 2.75) is 58.8 Å². The third-order valence-corrected chi connectivity index (χ3v) is 5.47. The van der Waals surface area contributed by atoms with E-state index in [4.69, 9.17) is 4.74 Å². The summed E-state index contributed by atoms with van der Waals surface area (Å²) < 4.78 is 6.68. The summed E-state index contributed by atoms with van der Waals surface area (Å²) in [5, 5.41) is 7.19. The lowest BCUT2D eigenvalue weighted by atomic mass is 9.79. The van der Waals surface area contributed by atoms with Gasteiger partial charge < -0.3 is 10.1 Å². The molecule has 0 atom stereocenters. The number of nitrogens with zero attached hydrogens (tertiary/aromatic N) is 2. The van der Waals surface area contributed by atoms with Gasteiger partial charge in [0.05, 0.1) is 18.3 Å². The number of rotatable bonds is 7. The second-order valence-electron chi connectivity index (χ2n) is 7.37. The first-order valence-electron chi connectivity index (χ1n) is 10.1. The van der Waals surface area contributed by atoms with Crippen LogP contribution in [0.4, 0.5) is 5.69 Å². The van der Waals surface area contributed by atoms with Crippen molar-refractivity contribution in [3.05, 3.63) is 30.1 Å². The van der Waals surface area contributed by atoms with Crippen molar-refractivity contribution >= 4 is 23.1 Å². The monoisotopic (exact) mass is 371 g/mol. The topological polar surface area (TPSA) is 72.7 Å². The number of esters is 1. The van der Waals surface area contributed by atoms with E-state index in [0.29, 0.717) is 23.4 Å². The lowest BCUT2D eigenvalue weighted by Gasteiger charge is -2.27. The lowest BCUT2D eigenvalue weighted by molar-refractivity contribution is -0.121. The number of ether oxygens (including phenoxy) is 1. The SMILES string of the molecule is CCCCC1CCC(C(=O)Nc2ccn3ncc(C(=O)OCC)c3c2)CC1. The van der Waals surface area contributed by atoms with Gasteiger partial charge in [0.2, 0.25) is 5.91 Å². The van der Waals surface area contributed by atoms with Gasteiger partial charge >= 0.3 is 5.97 Å². The van der Waals surface area contributed by atoms with E-state index < -0.39 is 5.97 Å². The third-order valence-electron chi connectivity index (χ3n) is 5.47. The molecule has 1 amide bonds. The number of unbranched alkanes of at least 4 members (excludes halogenated alkanes) is 1. The van der Waals surface area contributed by atoms with Crippen LogP contribution >= 0.6 is 0 Å². The average Bonchev–Trinajstić information content (AvgIpc) is 3.10. The van der Waals surface area contributed by atoms with E-state index in [1.165, 1.54) is 25.5 Å². The zero-order valence-corrected chi connectivity index (χ0v) is 16.2. The molecule has 0 spiro atoms. The second-order valence-corrected chi connectivity index (χ2v) is 7.37. The third kappa shape index (κ3) is 4.67. The Morgan fingerprint density at radius 2 is 2.04 bits per heavy atom. The molecule has 3 rings (SSSR count).